The van der Waals surface area contributed by atoms with Crippen molar-refractivity contribution >= 4 is 12.4 Å². The van der Waals surface area contributed by atoms with Gasteiger partial charge in [-0.05, 0) is 91.2 Å². The maximum Gasteiger partial charge on any atom is 0.335 e. The van der Waals surface area contributed by atoms with E-state index in [2.05, 4.69) is 6.58 Å². The van der Waals surface area contributed by atoms with Crippen LogP contribution in [0.5, 0.6) is 0 Å². The van der Waals surface area contributed by atoms with Crippen molar-refractivity contribution in [3.05, 3.63) is 95.1 Å². The molecule has 3 aromatic rings. The Morgan fingerprint density at radius 3 is 2.26 bits per heavy atom. The van der Waals surface area contributed by atoms with E-state index in [1.807, 2.05) is 6.92 Å². The third kappa shape index (κ3) is 9.31. The van der Waals surface area contributed by atoms with Crippen molar-refractivity contribution < 1.29 is 41.7 Å². The lowest BCUT2D eigenvalue weighted by Crippen LogP contribution is -2.24. The molecule has 1 unspecified atom stereocenters. The van der Waals surface area contributed by atoms with Crippen LogP contribution in [-0.4, -0.2) is 37.4 Å². The first-order chi connectivity index (χ1) is 22.7. The van der Waals surface area contributed by atoms with Gasteiger partial charge in [-0.1, -0.05) is 62.7 Å². The molecule has 0 spiro atoms. The molecule has 3 aromatic carbocycles. The number of carbonyl (C=O) groups excluding carboxylic acids is 2. The van der Waals surface area contributed by atoms with Crippen LogP contribution in [0.3, 0.4) is 0 Å². The molecule has 252 valence electrons. The summed E-state index contributed by atoms with van der Waals surface area (Å²) in [6.07, 6.45) is 6.79. The smallest absolute Gasteiger partial charge is 0.335 e. The van der Waals surface area contributed by atoms with Gasteiger partial charge in [-0.25, -0.2) is 22.4 Å². The van der Waals surface area contributed by atoms with Gasteiger partial charge in [-0.3, -0.25) is 4.79 Å². The first kappa shape index (κ1) is 35.9. The maximum absolute atomic E-state index is 15.4. The summed E-state index contributed by atoms with van der Waals surface area (Å²) >= 11 is 0. The highest BCUT2D eigenvalue weighted by atomic mass is 19.2. The van der Waals surface area contributed by atoms with Crippen molar-refractivity contribution in [2.24, 2.45) is 11.8 Å². The molecule has 0 bridgehead atoms. The van der Waals surface area contributed by atoms with Crippen molar-refractivity contribution in [3.8, 4) is 22.3 Å². The van der Waals surface area contributed by atoms with Gasteiger partial charge >= 0.3 is 5.97 Å². The van der Waals surface area contributed by atoms with E-state index in [-0.39, 0.29) is 53.2 Å². The number of rotatable bonds is 16. The van der Waals surface area contributed by atoms with Gasteiger partial charge in [0.05, 0.1) is 25.4 Å². The van der Waals surface area contributed by atoms with Crippen LogP contribution in [0.4, 0.5) is 17.6 Å². The number of halogens is 4. The Morgan fingerprint density at radius 2 is 1.60 bits per heavy atom. The number of ether oxygens (including phenoxy) is 2. The van der Waals surface area contributed by atoms with E-state index in [9.17, 15) is 18.4 Å². The van der Waals surface area contributed by atoms with Gasteiger partial charge in [0.2, 0.25) is 0 Å². The molecule has 1 aliphatic rings. The molecular formula is C38H42F4O5. The Hall–Kier alpha value is -3.98. The second-order valence-corrected chi connectivity index (χ2v) is 12.4. The minimum atomic E-state index is -1.01. The van der Waals surface area contributed by atoms with Gasteiger partial charge in [0.1, 0.15) is 11.6 Å². The van der Waals surface area contributed by atoms with Gasteiger partial charge in [0.25, 0.3) is 6.47 Å². The summed E-state index contributed by atoms with van der Waals surface area (Å²) in [6, 6.07) is 11.8. The summed E-state index contributed by atoms with van der Waals surface area (Å²) in [5, 5.41) is 9.06. The zero-order valence-electron chi connectivity index (χ0n) is 26.7. The van der Waals surface area contributed by atoms with Gasteiger partial charge in [-0.2, -0.15) is 0 Å². The van der Waals surface area contributed by atoms with E-state index in [4.69, 9.17) is 14.6 Å². The molecule has 1 saturated carbocycles. The Labute approximate surface area is 273 Å². The minimum Gasteiger partial charge on any atom is -0.467 e. The van der Waals surface area contributed by atoms with Crippen molar-refractivity contribution in [3.63, 3.8) is 0 Å². The van der Waals surface area contributed by atoms with Crippen molar-refractivity contribution in [2.75, 3.05) is 19.8 Å². The molecule has 1 atom stereocenters. The van der Waals surface area contributed by atoms with E-state index >= 15 is 8.78 Å². The lowest BCUT2D eigenvalue weighted by atomic mass is 9.75. The first-order valence-electron chi connectivity index (χ1n) is 16.2. The third-order valence-electron chi connectivity index (χ3n) is 9.09. The van der Waals surface area contributed by atoms with Gasteiger partial charge < -0.3 is 14.6 Å². The fraction of sp³-hybridized carbons (Fsp3) is 0.421. The van der Waals surface area contributed by atoms with Crippen molar-refractivity contribution in [1.29, 1.82) is 0 Å². The number of hydrogen-bond donors (Lipinski definition) is 1. The van der Waals surface area contributed by atoms with E-state index in [1.165, 1.54) is 24.3 Å². The number of esters is 1. The average Bonchev–Trinajstić information content (AvgIpc) is 3.07. The van der Waals surface area contributed by atoms with E-state index < -0.39 is 35.8 Å². The highest BCUT2D eigenvalue weighted by Crippen LogP contribution is 2.40. The summed E-state index contributed by atoms with van der Waals surface area (Å²) in [6.45, 7) is 5.44. The fourth-order valence-electron chi connectivity index (χ4n) is 6.41. The quantitative estimate of drug-likeness (QED) is 0.0549. The van der Waals surface area contributed by atoms with Crippen LogP contribution in [0.25, 0.3) is 22.3 Å². The van der Waals surface area contributed by atoms with Crippen LogP contribution in [0, 0.1) is 35.1 Å². The molecule has 1 N–H and O–H groups in total. The Morgan fingerprint density at radius 1 is 0.915 bits per heavy atom. The number of aliphatic hydroxyl groups excluding tert-OH is 1. The van der Waals surface area contributed by atoms with E-state index in [1.54, 1.807) is 18.2 Å². The van der Waals surface area contributed by atoms with Crippen molar-refractivity contribution in [1.82, 2.24) is 0 Å². The maximum atomic E-state index is 15.4. The number of benzene rings is 3. The Kier molecular flexibility index (Phi) is 13.2. The monoisotopic (exact) mass is 654 g/mol. The molecule has 4 rings (SSSR count). The largest absolute Gasteiger partial charge is 0.467 e. The molecule has 1 fully saturated rings. The lowest BCUT2D eigenvalue weighted by molar-refractivity contribution is -0.142. The number of unbranched alkanes of at least 4 members (excludes halogenated alkanes) is 2. The first-order valence-corrected chi connectivity index (χ1v) is 16.2. The summed E-state index contributed by atoms with van der Waals surface area (Å²) in [7, 11) is 0. The highest BCUT2D eigenvalue weighted by molar-refractivity contribution is 5.87. The van der Waals surface area contributed by atoms with Crippen LogP contribution < -0.4 is 0 Å². The number of hydrogen-bond acceptors (Lipinski definition) is 5. The van der Waals surface area contributed by atoms with Crippen molar-refractivity contribution in [2.45, 2.75) is 70.6 Å². The summed E-state index contributed by atoms with van der Waals surface area (Å²) < 4.78 is 70.5. The van der Waals surface area contributed by atoms with Crippen LogP contribution >= 0.6 is 0 Å². The molecule has 0 amide bonds. The molecule has 47 heavy (non-hydrogen) atoms. The molecule has 0 heterocycles. The second-order valence-electron chi connectivity index (χ2n) is 12.4. The summed E-state index contributed by atoms with van der Waals surface area (Å²) in [5.41, 5.74) is 1.48. The number of aryl methyl sites for hydroxylation is 1. The van der Waals surface area contributed by atoms with Crippen LogP contribution in [0.2, 0.25) is 0 Å². The Bertz CT molecular complexity index is 1550. The zero-order chi connectivity index (χ0) is 33.9. The topological polar surface area (TPSA) is 72.8 Å². The van der Waals surface area contributed by atoms with Gasteiger partial charge in [-0.15, -0.1) is 0 Å². The van der Waals surface area contributed by atoms with Crippen LogP contribution in [-0.2, 0) is 25.5 Å². The molecule has 1 aliphatic carbocycles. The summed E-state index contributed by atoms with van der Waals surface area (Å²) in [5.74, 6) is -3.70. The molecule has 9 heteroatoms. The lowest BCUT2D eigenvalue weighted by Gasteiger charge is -2.31. The number of aliphatic hydroxyl groups is 1. The minimum absolute atomic E-state index is 0.0225. The normalized spacial score (nSPS) is 16.8. The Balaban J connectivity index is 1.39. The van der Waals surface area contributed by atoms with Gasteiger partial charge in [0, 0.05) is 17.0 Å². The fourth-order valence-corrected chi connectivity index (χ4v) is 6.41. The third-order valence-corrected chi connectivity index (χ3v) is 9.09. The summed E-state index contributed by atoms with van der Waals surface area (Å²) in [4.78, 5) is 22.6. The molecule has 5 nitrogen and oxygen atoms in total. The predicted octanol–water partition coefficient (Wildman–Crippen LogP) is 8.85. The van der Waals surface area contributed by atoms with Crippen LogP contribution in [0.1, 0.15) is 75.3 Å². The predicted molar refractivity (Wildman–Crippen MR) is 172 cm³/mol. The van der Waals surface area contributed by atoms with E-state index in [0.717, 1.165) is 51.0 Å². The highest BCUT2D eigenvalue weighted by Gasteiger charge is 2.28. The molecule has 0 radical (unpaired) electrons. The van der Waals surface area contributed by atoms with Crippen LogP contribution in [0.15, 0.2) is 60.7 Å². The average molecular weight is 655 g/mol. The number of carbonyl (C=O) groups is 2. The van der Waals surface area contributed by atoms with Gasteiger partial charge in [0.15, 0.2) is 11.6 Å². The zero-order valence-corrected chi connectivity index (χ0v) is 26.7. The van der Waals surface area contributed by atoms with E-state index in [0.29, 0.717) is 36.0 Å². The molecule has 0 aliphatic heterocycles. The molecular weight excluding hydrogens is 612 g/mol. The molecule has 0 saturated heterocycles. The SMILES string of the molecule is C=C(CO)C(=O)OCC(COC=O)CC1CCC(c2ccc(-c3ccc(-c4ccc(CCCCC)c(F)c4F)cc3F)cc2F)CC1. The molecule has 0 aromatic heterocycles. The standard InChI is InChI=1S/C38H42F4O5/c1-3-4-5-6-28-11-16-33(37(42)36(28)41)30-13-15-32(35(40)19-30)29-12-14-31(34(39)18-29)27-9-7-25(8-10-27)17-26(21-46-23-44)22-47-38(45)24(2)20-43/h11-16,18-19,23,25-27,43H,2-10,17,20-22H2,1H3. The second kappa shape index (κ2) is 17.3.